The highest BCUT2D eigenvalue weighted by atomic mass is 35.5. The molecular weight excluding hydrogens is 331 g/mol. The Morgan fingerprint density at radius 3 is 2.39 bits per heavy atom. The lowest BCUT2D eigenvalue weighted by Crippen LogP contribution is -2.26. The number of rotatable bonds is 6. The summed E-state index contributed by atoms with van der Waals surface area (Å²) in [6.45, 7) is 4.08. The van der Waals surface area contributed by atoms with Crippen molar-refractivity contribution >= 4 is 29.2 Å². The second kappa shape index (κ2) is 8.37. The Bertz CT molecular complexity index is 653. The van der Waals surface area contributed by atoms with E-state index in [9.17, 15) is 4.79 Å². The van der Waals surface area contributed by atoms with Crippen molar-refractivity contribution in [3.63, 3.8) is 0 Å². The Morgan fingerprint density at radius 2 is 1.78 bits per heavy atom. The van der Waals surface area contributed by atoms with Crippen molar-refractivity contribution in [2.75, 3.05) is 6.61 Å². The average Bonchev–Trinajstić information content (AvgIpc) is 2.55. The van der Waals surface area contributed by atoms with Crippen LogP contribution in [0.25, 0.3) is 11.1 Å². The number of hydrogen-bond donors (Lipinski definition) is 0. The highest BCUT2D eigenvalue weighted by Gasteiger charge is 2.23. The molecule has 0 aliphatic carbocycles. The largest absolute Gasteiger partial charge is 0.465 e. The molecule has 0 aliphatic rings. The predicted octanol–water partition coefficient (Wildman–Crippen LogP) is 5.36. The lowest BCUT2D eigenvalue weighted by molar-refractivity contribution is -0.143. The van der Waals surface area contributed by atoms with E-state index in [-0.39, 0.29) is 11.9 Å². The van der Waals surface area contributed by atoms with E-state index in [0.29, 0.717) is 6.61 Å². The second-order valence-electron chi connectivity index (χ2n) is 5.51. The number of benzene rings is 2. The summed E-state index contributed by atoms with van der Waals surface area (Å²) in [5.41, 5.74) is 3.21. The van der Waals surface area contributed by atoms with Crippen LogP contribution in [0.1, 0.15) is 19.4 Å². The van der Waals surface area contributed by atoms with Crippen molar-refractivity contribution in [2.24, 2.45) is 5.92 Å². The SMILES string of the molecule is CCOC(=O)C(Cl)C(C)Cc1ccc(-c2ccccc2Cl)cc1. The number of carbonyl (C=O) groups is 1. The fourth-order valence-electron chi connectivity index (χ4n) is 2.45. The number of halogens is 2. The maximum atomic E-state index is 11.7. The van der Waals surface area contributed by atoms with Crippen molar-refractivity contribution in [1.29, 1.82) is 0 Å². The highest BCUT2D eigenvalue weighted by Crippen LogP contribution is 2.28. The first-order chi connectivity index (χ1) is 11.0. The summed E-state index contributed by atoms with van der Waals surface area (Å²) >= 11 is 12.4. The molecule has 0 bridgehead atoms. The average molecular weight is 351 g/mol. The van der Waals surface area contributed by atoms with E-state index >= 15 is 0 Å². The van der Waals surface area contributed by atoms with Crippen molar-refractivity contribution in [3.8, 4) is 11.1 Å². The van der Waals surface area contributed by atoms with Gasteiger partial charge < -0.3 is 4.74 Å². The van der Waals surface area contributed by atoms with Crippen LogP contribution in [0.15, 0.2) is 48.5 Å². The van der Waals surface area contributed by atoms with Gasteiger partial charge in [0.25, 0.3) is 0 Å². The van der Waals surface area contributed by atoms with Crippen LogP contribution >= 0.6 is 23.2 Å². The van der Waals surface area contributed by atoms with E-state index in [4.69, 9.17) is 27.9 Å². The third-order valence-corrected chi connectivity index (χ3v) is 4.65. The standard InChI is InChI=1S/C19H20Cl2O2/c1-3-23-19(22)18(21)13(2)12-14-8-10-15(11-9-14)16-6-4-5-7-17(16)20/h4-11,13,18H,3,12H2,1-2H3. The van der Waals surface area contributed by atoms with Crippen LogP contribution in [0.5, 0.6) is 0 Å². The molecule has 2 nitrogen and oxygen atoms in total. The molecule has 0 saturated heterocycles. The second-order valence-corrected chi connectivity index (χ2v) is 6.39. The monoisotopic (exact) mass is 350 g/mol. The van der Waals surface area contributed by atoms with Gasteiger partial charge >= 0.3 is 5.97 Å². The lowest BCUT2D eigenvalue weighted by Gasteiger charge is -2.17. The van der Waals surface area contributed by atoms with Gasteiger partial charge in [0.2, 0.25) is 0 Å². The molecule has 0 amide bonds. The number of ether oxygens (including phenoxy) is 1. The van der Waals surface area contributed by atoms with Crippen LogP contribution in [0.3, 0.4) is 0 Å². The Balaban J connectivity index is 2.05. The topological polar surface area (TPSA) is 26.3 Å². The Labute approximate surface area is 147 Å². The molecule has 0 spiro atoms. The maximum absolute atomic E-state index is 11.7. The molecule has 2 aromatic carbocycles. The molecular formula is C19H20Cl2O2. The summed E-state index contributed by atoms with van der Waals surface area (Å²) in [7, 11) is 0. The third kappa shape index (κ3) is 4.73. The van der Waals surface area contributed by atoms with E-state index in [0.717, 1.165) is 28.1 Å². The van der Waals surface area contributed by atoms with Gasteiger partial charge in [-0.1, -0.05) is 61.0 Å². The van der Waals surface area contributed by atoms with Gasteiger partial charge in [-0.05, 0) is 36.5 Å². The van der Waals surface area contributed by atoms with Crippen molar-refractivity contribution in [3.05, 3.63) is 59.1 Å². The Morgan fingerprint density at radius 1 is 1.13 bits per heavy atom. The summed E-state index contributed by atoms with van der Waals surface area (Å²) in [6.07, 6.45) is 0.718. The van der Waals surface area contributed by atoms with Crippen molar-refractivity contribution < 1.29 is 9.53 Å². The van der Waals surface area contributed by atoms with Crippen LogP contribution in [0.4, 0.5) is 0 Å². The number of carbonyl (C=O) groups excluding carboxylic acids is 1. The van der Waals surface area contributed by atoms with E-state index in [1.165, 1.54) is 0 Å². The molecule has 0 heterocycles. The zero-order chi connectivity index (χ0) is 16.8. The summed E-state index contributed by atoms with van der Waals surface area (Å²) < 4.78 is 4.97. The molecule has 0 N–H and O–H groups in total. The van der Waals surface area contributed by atoms with Gasteiger partial charge in [-0.3, -0.25) is 4.79 Å². The van der Waals surface area contributed by atoms with E-state index in [1.54, 1.807) is 6.92 Å². The molecule has 0 saturated carbocycles. The van der Waals surface area contributed by atoms with Crippen molar-refractivity contribution in [1.82, 2.24) is 0 Å². The van der Waals surface area contributed by atoms with Gasteiger partial charge in [0.1, 0.15) is 5.38 Å². The van der Waals surface area contributed by atoms with Gasteiger partial charge in [-0.2, -0.15) is 0 Å². The number of hydrogen-bond acceptors (Lipinski definition) is 2. The minimum Gasteiger partial charge on any atom is -0.465 e. The van der Waals surface area contributed by atoms with Gasteiger partial charge in [0.15, 0.2) is 0 Å². The molecule has 0 aliphatic heterocycles. The number of alkyl halides is 1. The molecule has 23 heavy (non-hydrogen) atoms. The Kier molecular flexibility index (Phi) is 6.49. The molecule has 122 valence electrons. The minimum atomic E-state index is -0.627. The molecule has 4 heteroatoms. The van der Waals surface area contributed by atoms with Gasteiger partial charge in [-0.15, -0.1) is 11.6 Å². The van der Waals surface area contributed by atoms with Crippen LogP contribution in [0.2, 0.25) is 5.02 Å². The molecule has 0 radical (unpaired) electrons. The first kappa shape index (κ1) is 17.8. The van der Waals surface area contributed by atoms with Crippen molar-refractivity contribution in [2.45, 2.75) is 25.6 Å². The van der Waals surface area contributed by atoms with E-state index in [1.807, 2.05) is 55.5 Å². The Hall–Kier alpha value is -1.51. The summed E-state index contributed by atoms with van der Waals surface area (Å²) in [5, 5.41) is 0.106. The smallest absolute Gasteiger partial charge is 0.324 e. The fourth-order valence-corrected chi connectivity index (χ4v) is 2.84. The zero-order valence-electron chi connectivity index (χ0n) is 13.3. The van der Waals surface area contributed by atoms with Crippen LogP contribution in [-0.4, -0.2) is 18.0 Å². The summed E-state index contributed by atoms with van der Waals surface area (Å²) in [6, 6.07) is 15.9. The molecule has 2 rings (SSSR count). The lowest BCUT2D eigenvalue weighted by atomic mass is 9.96. The molecule has 2 aromatic rings. The quantitative estimate of drug-likeness (QED) is 0.518. The van der Waals surface area contributed by atoms with Crippen LogP contribution < -0.4 is 0 Å². The first-order valence-corrected chi connectivity index (χ1v) is 8.49. The molecule has 0 aromatic heterocycles. The van der Waals surface area contributed by atoms with Gasteiger partial charge in [-0.25, -0.2) is 0 Å². The third-order valence-electron chi connectivity index (χ3n) is 3.71. The normalized spacial score (nSPS) is 13.4. The fraction of sp³-hybridized carbons (Fsp3) is 0.316. The first-order valence-electron chi connectivity index (χ1n) is 7.67. The number of esters is 1. The summed E-state index contributed by atoms with van der Waals surface area (Å²) in [4.78, 5) is 11.7. The van der Waals surface area contributed by atoms with Gasteiger partial charge in [0.05, 0.1) is 6.61 Å². The highest BCUT2D eigenvalue weighted by molar-refractivity contribution is 6.33. The molecule has 0 fully saturated rings. The predicted molar refractivity (Wildman–Crippen MR) is 96.0 cm³/mol. The minimum absolute atomic E-state index is 0.00174. The van der Waals surface area contributed by atoms with E-state index in [2.05, 4.69) is 0 Å². The summed E-state index contributed by atoms with van der Waals surface area (Å²) in [5.74, 6) is -0.351. The van der Waals surface area contributed by atoms with Gasteiger partial charge in [0, 0.05) is 10.6 Å². The van der Waals surface area contributed by atoms with Crippen LogP contribution in [-0.2, 0) is 16.0 Å². The molecule has 2 unspecified atom stereocenters. The van der Waals surface area contributed by atoms with E-state index < -0.39 is 5.38 Å². The van der Waals surface area contributed by atoms with Crippen LogP contribution in [0, 0.1) is 5.92 Å². The maximum Gasteiger partial charge on any atom is 0.324 e. The molecule has 2 atom stereocenters. The zero-order valence-corrected chi connectivity index (χ0v) is 14.8.